The molecule has 0 heterocycles. The van der Waals surface area contributed by atoms with Crippen molar-refractivity contribution in [3.8, 4) is 0 Å². The molecule has 1 unspecified atom stereocenters. The maximum Gasteiger partial charge on any atom is 0.220 e. The Morgan fingerprint density at radius 2 is 1.75 bits per heavy atom. The zero-order valence-electron chi connectivity index (χ0n) is 11.0. The van der Waals surface area contributed by atoms with E-state index in [2.05, 4.69) is 12.2 Å². The van der Waals surface area contributed by atoms with Crippen LogP contribution in [0.1, 0.15) is 59.8 Å². The third kappa shape index (κ3) is 6.59. The minimum Gasteiger partial charge on any atom is -0.346 e. The van der Waals surface area contributed by atoms with E-state index in [9.17, 15) is 9.59 Å². The van der Waals surface area contributed by atoms with E-state index in [-0.39, 0.29) is 23.7 Å². The molecule has 0 rings (SSSR count). The molecule has 16 heavy (non-hydrogen) atoms. The Kier molecular flexibility index (Phi) is 7.86. The molecule has 1 amide bonds. The first kappa shape index (κ1) is 15.1. The van der Waals surface area contributed by atoms with Gasteiger partial charge in [0.05, 0.1) is 6.04 Å². The van der Waals surface area contributed by atoms with Crippen LogP contribution in [0.15, 0.2) is 0 Å². The number of rotatable bonds is 8. The Morgan fingerprint density at radius 1 is 1.12 bits per heavy atom. The molecule has 3 nitrogen and oxygen atoms in total. The van der Waals surface area contributed by atoms with E-state index in [0.29, 0.717) is 6.42 Å². The fraction of sp³-hybridized carbons (Fsp3) is 0.846. The van der Waals surface area contributed by atoms with Gasteiger partial charge in [0.2, 0.25) is 5.91 Å². The highest BCUT2D eigenvalue weighted by atomic mass is 16.2. The van der Waals surface area contributed by atoms with Gasteiger partial charge in [0.1, 0.15) is 0 Å². The second-order valence-corrected chi connectivity index (χ2v) is 4.71. The highest BCUT2D eigenvalue weighted by Gasteiger charge is 2.19. The summed E-state index contributed by atoms with van der Waals surface area (Å²) in [6.07, 6.45) is 4.90. The summed E-state index contributed by atoms with van der Waals surface area (Å²) < 4.78 is 0. The van der Waals surface area contributed by atoms with Gasteiger partial charge in [-0.15, -0.1) is 0 Å². The summed E-state index contributed by atoms with van der Waals surface area (Å²) in [7, 11) is 0. The van der Waals surface area contributed by atoms with Gasteiger partial charge < -0.3 is 5.32 Å². The maximum absolute atomic E-state index is 11.6. The molecular formula is C13H25NO2. The minimum absolute atomic E-state index is 0.00463. The molecule has 0 aliphatic rings. The number of unbranched alkanes of at least 4 members (excludes halogenated alkanes) is 3. The van der Waals surface area contributed by atoms with Crippen LogP contribution in [0.25, 0.3) is 0 Å². The van der Waals surface area contributed by atoms with E-state index < -0.39 is 0 Å². The molecule has 0 spiro atoms. The van der Waals surface area contributed by atoms with Gasteiger partial charge in [0.15, 0.2) is 5.78 Å². The van der Waals surface area contributed by atoms with Crippen molar-refractivity contribution in [2.75, 3.05) is 0 Å². The van der Waals surface area contributed by atoms with Gasteiger partial charge in [-0.05, 0) is 19.3 Å². The molecule has 94 valence electrons. The standard InChI is InChI=1S/C13H25NO2/c1-5-6-7-8-9-12(16)14-13(10(2)3)11(4)15/h10,13H,5-9H2,1-4H3,(H,14,16). The summed E-state index contributed by atoms with van der Waals surface area (Å²) in [4.78, 5) is 22.8. The lowest BCUT2D eigenvalue weighted by molar-refractivity contribution is -0.127. The molecule has 0 aliphatic carbocycles. The van der Waals surface area contributed by atoms with Crippen LogP contribution in [-0.4, -0.2) is 17.7 Å². The molecule has 0 aliphatic heterocycles. The molecule has 3 heteroatoms. The molecule has 0 bridgehead atoms. The van der Waals surface area contributed by atoms with Crippen LogP contribution in [-0.2, 0) is 9.59 Å². The summed E-state index contributed by atoms with van der Waals surface area (Å²) in [6, 6.07) is -0.321. The molecule has 0 saturated heterocycles. The average Bonchev–Trinajstić information content (AvgIpc) is 2.20. The van der Waals surface area contributed by atoms with Crippen LogP contribution < -0.4 is 5.32 Å². The van der Waals surface area contributed by atoms with Crippen molar-refractivity contribution in [1.29, 1.82) is 0 Å². The van der Waals surface area contributed by atoms with Gasteiger partial charge in [-0.2, -0.15) is 0 Å². The molecule has 1 atom stereocenters. The second kappa shape index (κ2) is 8.31. The lowest BCUT2D eigenvalue weighted by atomic mass is 10.0. The van der Waals surface area contributed by atoms with Crippen molar-refractivity contribution >= 4 is 11.7 Å². The molecule has 0 aromatic heterocycles. The van der Waals surface area contributed by atoms with E-state index in [1.165, 1.54) is 19.8 Å². The predicted molar refractivity (Wildman–Crippen MR) is 66.2 cm³/mol. The fourth-order valence-electron chi connectivity index (χ4n) is 1.70. The van der Waals surface area contributed by atoms with E-state index >= 15 is 0 Å². The SMILES string of the molecule is CCCCCCC(=O)NC(C(C)=O)C(C)C. The number of carbonyl (C=O) groups excluding carboxylic acids is 2. The third-order valence-electron chi connectivity index (χ3n) is 2.68. The van der Waals surface area contributed by atoms with Crippen molar-refractivity contribution in [3.05, 3.63) is 0 Å². The van der Waals surface area contributed by atoms with Crippen molar-refractivity contribution in [2.45, 2.75) is 65.8 Å². The largest absolute Gasteiger partial charge is 0.346 e. The van der Waals surface area contributed by atoms with Crippen LogP contribution >= 0.6 is 0 Å². The van der Waals surface area contributed by atoms with Crippen LogP contribution in [0, 0.1) is 5.92 Å². The topological polar surface area (TPSA) is 46.2 Å². The first-order valence-corrected chi connectivity index (χ1v) is 6.28. The second-order valence-electron chi connectivity index (χ2n) is 4.71. The summed E-state index contributed by atoms with van der Waals surface area (Å²) in [6.45, 7) is 7.57. The van der Waals surface area contributed by atoms with Crippen molar-refractivity contribution in [1.82, 2.24) is 5.32 Å². The van der Waals surface area contributed by atoms with Gasteiger partial charge in [-0.1, -0.05) is 40.0 Å². The molecule has 0 aromatic rings. The molecule has 0 saturated carbocycles. The van der Waals surface area contributed by atoms with E-state index in [4.69, 9.17) is 0 Å². The lowest BCUT2D eigenvalue weighted by Crippen LogP contribution is -2.43. The molecular weight excluding hydrogens is 202 g/mol. The Hall–Kier alpha value is -0.860. The molecule has 1 N–H and O–H groups in total. The minimum atomic E-state index is -0.321. The third-order valence-corrected chi connectivity index (χ3v) is 2.68. The van der Waals surface area contributed by atoms with Gasteiger partial charge in [0.25, 0.3) is 0 Å². The number of amides is 1. The number of hydrogen-bond acceptors (Lipinski definition) is 2. The quantitative estimate of drug-likeness (QED) is 0.648. The monoisotopic (exact) mass is 227 g/mol. The summed E-state index contributed by atoms with van der Waals surface area (Å²) in [5, 5.41) is 2.80. The van der Waals surface area contributed by atoms with Crippen LogP contribution in [0.5, 0.6) is 0 Å². The number of nitrogens with one attached hydrogen (secondary N) is 1. The zero-order chi connectivity index (χ0) is 12.6. The highest BCUT2D eigenvalue weighted by Crippen LogP contribution is 2.06. The van der Waals surface area contributed by atoms with Gasteiger partial charge in [-0.25, -0.2) is 0 Å². The molecule has 0 fully saturated rings. The van der Waals surface area contributed by atoms with Crippen LogP contribution in [0.4, 0.5) is 0 Å². The van der Waals surface area contributed by atoms with E-state index in [0.717, 1.165) is 12.8 Å². The zero-order valence-corrected chi connectivity index (χ0v) is 11.0. The normalized spacial score (nSPS) is 12.6. The Balaban J connectivity index is 3.87. The van der Waals surface area contributed by atoms with Gasteiger partial charge in [-0.3, -0.25) is 9.59 Å². The Labute approximate surface area is 99.0 Å². The molecule has 0 aromatic carbocycles. The summed E-state index contributed by atoms with van der Waals surface area (Å²) in [5.41, 5.74) is 0. The summed E-state index contributed by atoms with van der Waals surface area (Å²) >= 11 is 0. The average molecular weight is 227 g/mol. The number of ketones is 1. The first-order chi connectivity index (χ1) is 7.49. The summed E-state index contributed by atoms with van der Waals surface area (Å²) in [5.74, 6) is 0.207. The van der Waals surface area contributed by atoms with Crippen molar-refractivity contribution in [3.63, 3.8) is 0 Å². The van der Waals surface area contributed by atoms with Crippen molar-refractivity contribution < 1.29 is 9.59 Å². The van der Waals surface area contributed by atoms with Crippen LogP contribution in [0.2, 0.25) is 0 Å². The smallest absolute Gasteiger partial charge is 0.220 e. The fourth-order valence-corrected chi connectivity index (χ4v) is 1.70. The van der Waals surface area contributed by atoms with Gasteiger partial charge in [0, 0.05) is 6.42 Å². The Bertz CT molecular complexity index is 224. The lowest BCUT2D eigenvalue weighted by Gasteiger charge is -2.19. The van der Waals surface area contributed by atoms with E-state index in [1.807, 2.05) is 13.8 Å². The highest BCUT2D eigenvalue weighted by molar-refractivity contribution is 5.87. The maximum atomic E-state index is 11.6. The predicted octanol–water partition coefficient (Wildman–Crippen LogP) is 2.69. The van der Waals surface area contributed by atoms with Gasteiger partial charge >= 0.3 is 0 Å². The number of carbonyl (C=O) groups is 2. The molecule has 0 radical (unpaired) electrons. The van der Waals surface area contributed by atoms with Crippen LogP contribution in [0.3, 0.4) is 0 Å². The number of Topliss-reactive ketones (excluding diaryl/α,β-unsaturated/α-hetero) is 1. The number of hydrogen-bond donors (Lipinski definition) is 1. The Morgan fingerprint density at radius 3 is 2.19 bits per heavy atom. The first-order valence-electron chi connectivity index (χ1n) is 6.28. The van der Waals surface area contributed by atoms with E-state index in [1.54, 1.807) is 0 Å². The van der Waals surface area contributed by atoms with Crippen molar-refractivity contribution in [2.24, 2.45) is 5.92 Å².